The number of hydrogen-bond acceptors (Lipinski definition) is 7. The molecule has 1 aromatic carbocycles. The Balaban J connectivity index is 1.70. The average Bonchev–Trinajstić information content (AvgIpc) is 3.15. The third-order valence-electron chi connectivity index (χ3n) is 5.17. The van der Waals surface area contributed by atoms with Crippen molar-refractivity contribution in [3.63, 3.8) is 0 Å². The first-order chi connectivity index (χ1) is 13.9. The molecule has 1 amide bonds. The highest BCUT2D eigenvalue weighted by Gasteiger charge is 2.49. The summed E-state index contributed by atoms with van der Waals surface area (Å²) in [5, 5.41) is 13.7. The lowest BCUT2D eigenvalue weighted by atomic mass is 9.91. The van der Waals surface area contributed by atoms with E-state index >= 15 is 0 Å². The van der Waals surface area contributed by atoms with Gasteiger partial charge in [-0.3, -0.25) is 4.79 Å². The van der Waals surface area contributed by atoms with Crippen LogP contribution in [0.1, 0.15) is 42.5 Å². The van der Waals surface area contributed by atoms with Gasteiger partial charge in [0.05, 0.1) is 24.8 Å². The Hall–Kier alpha value is -2.03. The molecule has 2 heterocycles. The van der Waals surface area contributed by atoms with Crippen molar-refractivity contribution in [2.45, 2.75) is 56.1 Å². The zero-order valence-electron chi connectivity index (χ0n) is 16.5. The van der Waals surface area contributed by atoms with Crippen LogP contribution in [0.4, 0.5) is 4.79 Å². The Bertz CT molecular complexity index is 739. The lowest BCUT2D eigenvalue weighted by Crippen LogP contribution is -2.58. The molecule has 2 saturated heterocycles. The van der Waals surface area contributed by atoms with Crippen LogP contribution in [0.3, 0.4) is 0 Å². The lowest BCUT2D eigenvalue weighted by Gasteiger charge is -2.43. The number of amides is 1. The number of methoxy groups -OCH3 is 1. The maximum absolute atomic E-state index is 12.6. The van der Waals surface area contributed by atoms with Gasteiger partial charge >= 0.3 is 5.97 Å². The van der Waals surface area contributed by atoms with Gasteiger partial charge in [0.25, 0.3) is 5.24 Å². The van der Waals surface area contributed by atoms with Crippen molar-refractivity contribution in [1.29, 1.82) is 0 Å². The number of rotatable bonds is 8. The first-order valence-corrected chi connectivity index (χ1v) is 10.7. The fourth-order valence-corrected chi connectivity index (χ4v) is 4.53. The molecular weight excluding hydrogens is 394 g/mol. The normalized spacial score (nSPS) is 29.2. The average molecular weight is 422 g/mol. The van der Waals surface area contributed by atoms with Crippen LogP contribution in [0, 0.1) is 0 Å². The lowest BCUT2D eigenvalue weighted by molar-refractivity contribution is -0.281. The van der Waals surface area contributed by atoms with Crippen LogP contribution >= 0.6 is 11.8 Å². The monoisotopic (exact) mass is 421 g/mol. The number of benzene rings is 1. The van der Waals surface area contributed by atoms with Crippen LogP contribution in [0.2, 0.25) is 0 Å². The standard InChI is InChI=1S/C21H27NO6S/c1-3-4-5-6-16-11-17(12-21(25,28-16)18-13-29-20(24)22-18)27-19(23)14-7-9-15(26-2)10-8-14/h3,7-10,16-18,25H,1,4-6,11-13H2,2H3,(H,22,24)/t16-,17?,18?,21?/m1/s1. The molecule has 0 saturated carbocycles. The third kappa shape index (κ3) is 5.52. The van der Waals surface area contributed by atoms with Gasteiger partial charge in [0, 0.05) is 18.6 Å². The van der Waals surface area contributed by atoms with Crippen molar-refractivity contribution in [3.05, 3.63) is 42.5 Å². The van der Waals surface area contributed by atoms with E-state index < -0.39 is 23.9 Å². The quantitative estimate of drug-likeness (QED) is 0.378. The predicted octanol–water partition coefficient (Wildman–Crippen LogP) is 3.27. The van der Waals surface area contributed by atoms with Gasteiger partial charge in [0.1, 0.15) is 11.9 Å². The summed E-state index contributed by atoms with van der Waals surface area (Å²) in [5.74, 6) is -0.968. The summed E-state index contributed by atoms with van der Waals surface area (Å²) in [6, 6.07) is 6.13. The fraction of sp³-hybridized carbons (Fsp3) is 0.524. The number of nitrogens with one attached hydrogen (secondary N) is 1. The number of carbonyl (C=O) groups excluding carboxylic acids is 2. The second-order valence-electron chi connectivity index (χ2n) is 7.30. The van der Waals surface area contributed by atoms with E-state index in [0.717, 1.165) is 24.6 Å². The second-order valence-corrected chi connectivity index (χ2v) is 8.29. The van der Waals surface area contributed by atoms with Gasteiger partial charge in [0.2, 0.25) is 0 Å². The molecular formula is C21H27NO6S. The minimum absolute atomic E-state index is 0.109. The molecule has 2 aliphatic heterocycles. The molecule has 1 aromatic rings. The van der Waals surface area contributed by atoms with Crippen LogP contribution in [0.15, 0.2) is 36.9 Å². The Morgan fingerprint density at radius 1 is 1.45 bits per heavy atom. The number of unbranched alkanes of at least 4 members (excludes halogenated alkanes) is 1. The number of allylic oxidation sites excluding steroid dienone is 1. The molecule has 0 radical (unpaired) electrons. The largest absolute Gasteiger partial charge is 0.497 e. The summed E-state index contributed by atoms with van der Waals surface area (Å²) >= 11 is 1.11. The Kier molecular flexibility index (Phi) is 7.21. The van der Waals surface area contributed by atoms with Gasteiger partial charge in [-0.15, -0.1) is 6.58 Å². The van der Waals surface area contributed by atoms with E-state index in [1.54, 1.807) is 31.4 Å². The molecule has 8 heteroatoms. The van der Waals surface area contributed by atoms with E-state index in [2.05, 4.69) is 11.9 Å². The number of carbonyl (C=O) groups is 2. The highest BCUT2D eigenvalue weighted by atomic mass is 32.2. The van der Waals surface area contributed by atoms with Crippen molar-refractivity contribution in [1.82, 2.24) is 5.32 Å². The van der Waals surface area contributed by atoms with Crippen LogP contribution in [-0.4, -0.2) is 53.2 Å². The van der Waals surface area contributed by atoms with Crippen LogP contribution in [-0.2, 0) is 9.47 Å². The summed E-state index contributed by atoms with van der Waals surface area (Å²) in [6.07, 6.45) is 4.06. The van der Waals surface area contributed by atoms with Crippen molar-refractivity contribution in [2.24, 2.45) is 0 Å². The topological polar surface area (TPSA) is 94.1 Å². The van der Waals surface area contributed by atoms with Gasteiger partial charge < -0.3 is 24.6 Å². The molecule has 3 rings (SSSR count). The van der Waals surface area contributed by atoms with Crippen LogP contribution in [0.5, 0.6) is 5.75 Å². The summed E-state index contributed by atoms with van der Waals surface area (Å²) < 4.78 is 16.8. The maximum Gasteiger partial charge on any atom is 0.338 e. The first-order valence-electron chi connectivity index (χ1n) is 9.73. The van der Waals surface area contributed by atoms with Crippen molar-refractivity contribution >= 4 is 23.0 Å². The zero-order valence-corrected chi connectivity index (χ0v) is 17.3. The number of ether oxygens (including phenoxy) is 3. The smallest absolute Gasteiger partial charge is 0.338 e. The van der Waals surface area contributed by atoms with E-state index in [-0.39, 0.29) is 17.8 Å². The number of aliphatic hydroxyl groups is 1. The molecule has 0 aliphatic carbocycles. The molecule has 2 fully saturated rings. The molecule has 2 aliphatic rings. The highest BCUT2D eigenvalue weighted by Crippen LogP contribution is 2.36. The number of thioether (sulfide) groups is 1. The Morgan fingerprint density at radius 3 is 2.83 bits per heavy atom. The summed E-state index contributed by atoms with van der Waals surface area (Å²) in [7, 11) is 1.56. The SMILES string of the molecule is C=CCCC[C@@H]1CC(OC(=O)c2ccc(OC)cc2)CC(O)(C2CSC(=O)N2)O1. The van der Waals surface area contributed by atoms with E-state index in [4.69, 9.17) is 14.2 Å². The highest BCUT2D eigenvalue weighted by molar-refractivity contribution is 8.14. The first kappa shape index (κ1) is 21.7. The van der Waals surface area contributed by atoms with E-state index in [1.807, 2.05) is 6.08 Å². The number of esters is 1. The summed E-state index contributed by atoms with van der Waals surface area (Å²) in [4.78, 5) is 24.2. The second kappa shape index (κ2) is 9.65. The molecule has 7 nitrogen and oxygen atoms in total. The van der Waals surface area contributed by atoms with Gasteiger partial charge in [-0.1, -0.05) is 17.8 Å². The zero-order chi connectivity index (χ0) is 20.9. The van der Waals surface area contributed by atoms with Crippen molar-refractivity contribution in [3.8, 4) is 5.75 Å². The molecule has 0 bridgehead atoms. The third-order valence-corrected chi connectivity index (χ3v) is 6.05. The molecule has 2 N–H and O–H groups in total. The predicted molar refractivity (Wildman–Crippen MR) is 110 cm³/mol. The minimum atomic E-state index is -1.57. The van der Waals surface area contributed by atoms with Gasteiger partial charge in [-0.25, -0.2) is 4.79 Å². The molecule has 3 unspecified atom stereocenters. The van der Waals surface area contributed by atoms with Gasteiger partial charge in [-0.2, -0.15) is 0 Å². The summed E-state index contributed by atoms with van der Waals surface area (Å²) in [6.45, 7) is 3.72. The van der Waals surface area contributed by atoms with Crippen LogP contribution in [0.25, 0.3) is 0 Å². The molecule has 158 valence electrons. The van der Waals surface area contributed by atoms with Crippen molar-refractivity contribution < 1.29 is 28.9 Å². The van der Waals surface area contributed by atoms with E-state index in [0.29, 0.717) is 29.9 Å². The van der Waals surface area contributed by atoms with Crippen LogP contribution < -0.4 is 10.1 Å². The Labute approximate surface area is 174 Å². The van der Waals surface area contributed by atoms with Gasteiger partial charge in [-0.05, 0) is 43.5 Å². The fourth-order valence-electron chi connectivity index (χ4n) is 3.64. The Morgan fingerprint density at radius 2 is 2.21 bits per heavy atom. The molecule has 4 atom stereocenters. The van der Waals surface area contributed by atoms with E-state index in [9.17, 15) is 14.7 Å². The van der Waals surface area contributed by atoms with Crippen molar-refractivity contribution in [2.75, 3.05) is 12.9 Å². The number of hydrogen-bond donors (Lipinski definition) is 2. The van der Waals surface area contributed by atoms with Gasteiger partial charge in [0.15, 0.2) is 5.79 Å². The molecule has 0 aromatic heterocycles. The van der Waals surface area contributed by atoms with E-state index in [1.165, 1.54) is 0 Å². The maximum atomic E-state index is 12.6. The minimum Gasteiger partial charge on any atom is -0.497 e. The molecule has 0 spiro atoms. The molecule has 29 heavy (non-hydrogen) atoms. The summed E-state index contributed by atoms with van der Waals surface area (Å²) in [5.41, 5.74) is 0.411.